The van der Waals surface area contributed by atoms with E-state index < -0.39 is 8.32 Å². The fourth-order valence-electron chi connectivity index (χ4n) is 2.01. The molecule has 4 nitrogen and oxygen atoms in total. The highest BCUT2D eigenvalue weighted by molar-refractivity contribution is 7.09. The van der Waals surface area contributed by atoms with Crippen molar-refractivity contribution in [2.75, 3.05) is 6.61 Å². The van der Waals surface area contributed by atoms with Crippen molar-refractivity contribution in [1.82, 2.24) is 10.3 Å². The van der Waals surface area contributed by atoms with Gasteiger partial charge in [0, 0.05) is 25.0 Å². The normalized spacial score (nSPS) is 12.2. The minimum Gasteiger partial charge on any atom is -0.416 e. The van der Waals surface area contributed by atoms with Crippen molar-refractivity contribution in [3.05, 3.63) is 52.0 Å². The van der Waals surface area contributed by atoms with Gasteiger partial charge in [0.1, 0.15) is 5.69 Å². The molecule has 0 radical (unpaired) electrons. The second-order valence-electron chi connectivity index (χ2n) is 7.65. The van der Waals surface area contributed by atoms with Gasteiger partial charge in [0.2, 0.25) is 0 Å². The standard InChI is InChI=1S/C19H28N2O2SSi/c1-19(2,3)25(4,5)23-12-11-17-21-16(14-24-17)18(22)20-13-15-9-7-6-8-10-15/h6-10,14H,11-13H2,1-5H3,(H,20,22). The number of amides is 1. The molecule has 0 bridgehead atoms. The Morgan fingerprint density at radius 1 is 1.24 bits per heavy atom. The average molecular weight is 377 g/mol. The third kappa shape index (κ3) is 5.76. The Bertz CT molecular complexity index is 693. The van der Waals surface area contributed by atoms with Gasteiger partial charge in [-0.25, -0.2) is 4.98 Å². The van der Waals surface area contributed by atoms with Crippen LogP contribution in [0.15, 0.2) is 35.7 Å². The number of carbonyl (C=O) groups excluding carboxylic acids is 1. The number of carbonyl (C=O) groups is 1. The van der Waals surface area contributed by atoms with Crippen LogP contribution in [0, 0.1) is 0 Å². The molecule has 25 heavy (non-hydrogen) atoms. The maximum Gasteiger partial charge on any atom is 0.271 e. The number of thiazole rings is 1. The van der Waals surface area contributed by atoms with Gasteiger partial charge < -0.3 is 9.74 Å². The zero-order chi connectivity index (χ0) is 18.5. The fourth-order valence-corrected chi connectivity index (χ4v) is 3.81. The summed E-state index contributed by atoms with van der Waals surface area (Å²) in [5.74, 6) is -0.128. The Balaban J connectivity index is 1.82. The lowest BCUT2D eigenvalue weighted by molar-refractivity contribution is 0.0946. The average Bonchev–Trinajstić information content (AvgIpc) is 3.01. The summed E-state index contributed by atoms with van der Waals surface area (Å²) in [6.07, 6.45) is 0.753. The summed E-state index contributed by atoms with van der Waals surface area (Å²) in [5, 5.41) is 5.89. The van der Waals surface area contributed by atoms with Gasteiger partial charge in [0.25, 0.3) is 5.91 Å². The first-order chi connectivity index (χ1) is 11.7. The van der Waals surface area contributed by atoms with Crippen molar-refractivity contribution in [2.45, 2.75) is 51.9 Å². The van der Waals surface area contributed by atoms with Crippen molar-refractivity contribution >= 4 is 25.6 Å². The first-order valence-electron chi connectivity index (χ1n) is 8.59. The van der Waals surface area contributed by atoms with Gasteiger partial charge >= 0.3 is 0 Å². The molecule has 0 fully saturated rings. The number of nitrogens with one attached hydrogen (secondary N) is 1. The van der Waals surface area contributed by atoms with Crippen LogP contribution in [0.2, 0.25) is 18.1 Å². The van der Waals surface area contributed by atoms with E-state index in [1.165, 1.54) is 11.3 Å². The van der Waals surface area contributed by atoms with Crippen molar-refractivity contribution in [3.63, 3.8) is 0 Å². The minimum absolute atomic E-state index is 0.128. The van der Waals surface area contributed by atoms with Crippen molar-refractivity contribution in [3.8, 4) is 0 Å². The van der Waals surface area contributed by atoms with Crippen LogP contribution < -0.4 is 5.32 Å². The highest BCUT2D eigenvalue weighted by Gasteiger charge is 2.36. The first kappa shape index (κ1) is 19.8. The zero-order valence-corrected chi connectivity index (χ0v) is 17.6. The Hall–Kier alpha value is -1.50. The Morgan fingerprint density at radius 2 is 1.92 bits per heavy atom. The van der Waals surface area contributed by atoms with Gasteiger partial charge in [-0.05, 0) is 23.7 Å². The van der Waals surface area contributed by atoms with Crippen molar-refractivity contribution in [2.24, 2.45) is 0 Å². The van der Waals surface area contributed by atoms with Gasteiger partial charge in [-0.15, -0.1) is 11.3 Å². The molecule has 1 N–H and O–H groups in total. The summed E-state index contributed by atoms with van der Waals surface area (Å²) in [4.78, 5) is 16.7. The van der Waals surface area contributed by atoms with E-state index in [-0.39, 0.29) is 10.9 Å². The molecule has 2 rings (SSSR count). The molecule has 1 aromatic carbocycles. The van der Waals surface area contributed by atoms with Crippen LogP contribution in [-0.2, 0) is 17.4 Å². The number of hydrogen-bond donors (Lipinski definition) is 1. The zero-order valence-electron chi connectivity index (χ0n) is 15.8. The predicted molar refractivity (Wildman–Crippen MR) is 107 cm³/mol. The number of aromatic nitrogens is 1. The molecular formula is C19H28N2O2SSi. The molecule has 2 aromatic rings. The number of rotatable bonds is 7. The molecule has 6 heteroatoms. The smallest absolute Gasteiger partial charge is 0.271 e. The Labute approximate surface area is 155 Å². The van der Waals surface area contributed by atoms with Gasteiger partial charge in [0.05, 0.1) is 5.01 Å². The van der Waals surface area contributed by atoms with E-state index in [0.29, 0.717) is 18.8 Å². The van der Waals surface area contributed by atoms with E-state index in [9.17, 15) is 4.79 Å². The maximum absolute atomic E-state index is 12.2. The molecule has 0 atom stereocenters. The molecule has 1 amide bonds. The van der Waals surface area contributed by atoms with Gasteiger partial charge in [0.15, 0.2) is 8.32 Å². The molecule has 1 heterocycles. The van der Waals surface area contributed by atoms with E-state index in [4.69, 9.17) is 4.43 Å². The third-order valence-corrected chi connectivity index (χ3v) is 10.1. The van der Waals surface area contributed by atoms with E-state index in [1.54, 1.807) is 0 Å². The van der Waals surface area contributed by atoms with E-state index in [2.05, 4.69) is 44.2 Å². The van der Waals surface area contributed by atoms with Crippen LogP contribution in [0.4, 0.5) is 0 Å². The van der Waals surface area contributed by atoms with Gasteiger partial charge in [-0.2, -0.15) is 0 Å². The molecule has 0 aliphatic heterocycles. The predicted octanol–water partition coefficient (Wildman–Crippen LogP) is 4.64. The van der Waals surface area contributed by atoms with Crippen LogP contribution in [0.1, 0.15) is 41.8 Å². The molecule has 0 saturated heterocycles. The third-order valence-electron chi connectivity index (χ3n) is 4.67. The molecule has 0 aliphatic rings. The Morgan fingerprint density at radius 3 is 2.56 bits per heavy atom. The summed E-state index contributed by atoms with van der Waals surface area (Å²) < 4.78 is 6.18. The Kier molecular flexibility index (Phi) is 6.54. The summed E-state index contributed by atoms with van der Waals surface area (Å²) >= 11 is 1.52. The number of nitrogens with zero attached hydrogens (tertiary/aromatic N) is 1. The van der Waals surface area contributed by atoms with E-state index >= 15 is 0 Å². The fraction of sp³-hybridized carbons (Fsp3) is 0.474. The second-order valence-corrected chi connectivity index (χ2v) is 13.4. The summed E-state index contributed by atoms with van der Waals surface area (Å²) in [5.41, 5.74) is 1.57. The lowest BCUT2D eigenvalue weighted by atomic mass is 10.2. The van der Waals surface area contributed by atoms with Gasteiger partial charge in [-0.3, -0.25) is 4.79 Å². The van der Waals surface area contributed by atoms with Crippen LogP contribution in [0.5, 0.6) is 0 Å². The lowest BCUT2D eigenvalue weighted by Crippen LogP contribution is -2.41. The molecule has 0 spiro atoms. The molecule has 0 saturated carbocycles. The SMILES string of the molecule is CC(C)(C)[Si](C)(C)OCCc1nc(C(=O)NCc2ccccc2)cs1. The summed E-state index contributed by atoms with van der Waals surface area (Å²) in [6, 6.07) is 9.87. The minimum atomic E-state index is -1.73. The van der Waals surface area contributed by atoms with E-state index in [1.807, 2.05) is 35.7 Å². The summed E-state index contributed by atoms with van der Waals surface area (Å²) in [7, 11) is -1.73. The van der Waals surface area contributed by atoms with Crippen LogP contribution >= 0.6 is 11.3 Å². The highest BCUT2D eigenvalue weighted by atomic mass is 32.1. The largest absolute Gasteiger partial charge is 0.416 e. The van der Waals surface area contributed by atoms with Crippen LogP contribution in [0.3, 0.4) is 0 Å². The topological polar surface area (TPSA) is 51.2 Å². The summed E-state index contributed by atoms with van der Waals surface area (Å²) in [6.45, 7) is 12.4. The first-order valence-corrected chi connectivity index (χ1v) is 12.4. The van der Waals surface area contributed by atoms with Crippen LogP contribution in [-0.4, -0.2) is 25.8 Å². The molecule has 0 aliphatic carbocycles. The van der Waals surface area contributed by atoms with Crippen molar-refractivity contribution < 1.29 is 9.22 Å². The highest BCUT2D eigenvalue weighted by Crippen LogP contribution is 2.36. The number of hydrogen-bond acceptors (Lipinski definition) is 4. The maximum atomic E-state index is 12.2. The van der Waals surface area contributed by atoms with Gasteiger partial charge in [-0.1, -0.05) is 51.1 Å². The monoisotopic (exact) mass is 376 g/mol. The number of benzene rings is 1. The molecular weight excluding hydrogens is 348 g/mol. The van der Waals surface area contributed by atoms with Crippen LogP contribution in [0.25, 0.3) is 0 Å². The molecule has 136 valence electrons. The quantitative estimate of drug-likeness (QED) is 0.716. The lowest BCUT2D eigenvalue weighted by Gasteiger charge is -2.36. The second kappa shape index (κ2) is 8.25. The van der Waals surface area contributed by atoms with E-state index in [0.717, 1.165) is 17.0 Å². The molecule has 1 aromatic heterocycles. The van der Waals surface area contributed by atoms with Crippen molar-refractivity contribution in [1.29, 1.82) is 0 Å². The molecule has 0 unspecified atom stereocenters.